The number of H-pyrrole nitrogens is 1. The van der Waals surface area contributed by atoms with Crippen LogP contribution in [0.1, 0.15) is 38.6 Å². The van der Waals surface area contributed by atoms with Crippen LogP contribution in [0.15, 0.2) is 47.9 Å². The molecular weight excluding hydrogens is 548 g/mol. The molecule has 4 aromatic rings. The van der Waals surface area contributed by atoms with Crippen LogP contribution in [0.3, 0.4) is 0 Å². The van der Waals surface area contributed by atoms with Crippen LogP contribution in [0.2, 0.25) is 5.02 Å². The quantitative estimate of drug-likeness (QED) is 0.303. The van der Waals surface area contributed by atoms with Crippen molar-refractivity contribution in [3.05, 3.63) is 58.5 Å². The molecule has 1 saturated carbocycles. The Morgan fingerprint density at radius 1 is 1.12 bits per heavy atom. The lowest BCUT2D eigenvalue weighted by atomic mass is 9.90. The van der Waals surface area contributed by atoms with E-state index in [1.54, 1.807) is 23.1 Å². The molecule has 2 fully saturated rings. The van der Waals surface area contributed by atoms with Gasteiger partial charge in [0.25, 0.3) is 5.56 Å². The van der Waals surface area contributed by atoms with E-state index in [1.165, 1.54) is 6.33 Å². The number of halogens is 1. The Balaban J connectivity index is 1.07. The van der Waals surface area contributed by atoms with Gasteiger partial charge < -0.3 is 14.8 Å². The highest BCUT2D eigenvalue weighted by atomic mass is 35.5. The highest BCUT2D eigenvalue weighted by molar-refractivity contribution is 6.32. The molecule has 1 aliphatic carbocycles. The molecule has 0 spiro atoms. The molecule has 4 heterocycles. The maximum Gasteiger partial charge on any atom is 0.287 e. The maximum atomic E-state index is 12.7. The summed E-state index contributed by atoms with van der Waals surface area (Å²) in [6.45, 7) is 6.06. The SMILES string of the molecule is CC(Cn1cnnn1)Oc1cc(-c2cnc(Nc3cn(C4CCC(N5CCOCC5)CC4)[nH]c3=O)nc2)ccc1Cl. The Kier molecular flexibility index (Phi) is 8.26. The van der Waals surface area contributed by atoms with E-state index < -0.39 is 0 Å². The summed E-state index contributed by atoms with van der Waals surface area (Å²) >= 11 is 6.39. The molecule has 0 bridgehead atoms. The zero-order valence-corrected chi connectivity index (χ0v) is 23.6. The van der Waals surface area contributed by atoms with Gasteiger partial charge in [0, 0.05) is 37.1 Å². The first-order chi connectivity index (χ1) is 20.0. The second kappa shape index (κ2) is 12.4. The van der Waals surface area contributed by atoms with E-state index in [2.05, 4.69) is 40.8 Å². The monoisotopic (exact) mass is 580 g/mol. The van der Waals surface area contributed by atoms with Gasteiger partial charge in [-0.15, -0.1) is 5.10 Å². The molecule has 0 amide bonds. The number of benzene rings is 1. The van der Waals surface area contributed by atoms with E-state index in [0.717, 1.165) is 63.1 Å². The average molecular weight is 581 g/mol. The van der Waals surface area contributed by atoms with Crippen molar-refractivity contribution in [3.63, 3.8) is 0 Å². The van der Waals surface area contributed by atoms with Crippen LogP contribution >= 0.6 is 11.6 Å². The molecule has 14 heteroatoms. The summed E-state index contributed by atoms with van der Waals surface area (Å²) in [5, 5.41) is 17.7. The van der Waals surface area contributed by atoms with Crippen molar-refractivity contribution >= 4 is 23.2 Å². The van der Waals surface area contributed by atoms with Gasteiger partial charge in [0.05, 0.1) is 37.0 Å². The van der Waals surface area contributed by atoms with Gasteiger partial charge in [0.2, 0.25) is 5.95 Å². The van der Waals surface area contributed by atoms with Crippen LogP contribution in [-0.2, 0) is 11.3 Å². The van der Waals surface area contributed by atoms with Gasteiger partial charge in [0.1, 0.15) is 23.9 Å². The summed E-state index contributed by atoms with van der Waals surface area (Å²) in [4.78, 5) is 24.1. The van der Waals surface area contributed by atoms with E-state index >= 15 is 0 Å². The first kappa shape index (κ1) is 27.4. The molecule has 3 aromatic heterocycles. The zero-order chi connectivity index (χ0) is 28.2. The molecule has 2 N–H and O–H groups in total. The van der Waals surface area contributed by atoms with Crippen LogP contribution in [0.5, 0.6) is 5.75 Å². The molecule has 1 unspecified atom stereocenters. The van der Waals surface area contributed by atoms with Crippen molar-refractivity contribution in [3.8, 4) is 16.9 Å². The number of aromatic amines is 1. The minimum atomic E-state index is -0.209. The summed E-state index contributed by atoms with van der Waals surface area (Å²) < 4.78 is 15.1. The highest BCUT2D eigenvalue weighted by Gasteiger charge is 2.28. The van der Waals surface area contributed by atoms with Crippen molar-refractivity contribution in [2.45, 2.75) is 57.3 Å². The third-order valence-electron chi connectivity index (χ3n) is 7.69. The number of hydrogen-bond donors (Lipinski definition) is 2. The van der Waals surface area contributed by atoms with Crippen molar-refractivity contribution < 1.29 is 9.47 Å². The fourth-order valence-electron chi connectivity index (χ4n) is 5.55. The number of hydrogen-bond acceptors (Lipinski definition) is 10. The van der Waals surface area contributed by atoms with Crippen LogP contribution in [0, 0.1) is 0 Å². The van der Waals surface area contributed by atoms with E-state index in [4.69, 9.17) is 21.1 Å². The number of tetrazole rings is 1. The fraction of sp³-hybridized carbons (Fsp3) is 0.481. The Morgan fingerprint density at radius 3 is 2.61 bits per heavy atom. The van der Waals surface area contributed by atoms with Gasteiger partial charge in [0.15, 0.2) is 0 Å². The third-order valence-corrected chi connectivity index (χ3v) is 8.00. The number of nitrogens with zero attached hydrogens (tertiary/aromatic N) is 8. The number of morpholine rings is 1. The minimum absolute atomic E-state index is 0.191. The molecule has 41 heavy (non-hydrogen) atoms. The number of nitrogens with one attached hydrogen (secondary N) is 2. The summed E-state index contributed by atoms with van der Waals surface area (Å²) in [7, 11) is 0. The number of anilines is 2. The van der Waals surface area contributed by atoms with Gasteiger partial charge in [-0.05, 0) is 60.7 Å². The van der Waals surface area contributed by atoms with Crippen molar-refractivity contribution in [1.29, 1.82) is 0 Å². The predicted molar refractivity (Wildman–Crippen MR) is 152 cm³/mol. The Bertz CT molecular complexity index is 1480. The number of aromatic nitrogens is 8. The summed E-state index contributed by atoms with van der Waals surface area (Å²) in [6.07, 6.45) is 10.8. The normalized spacial score (nSPS) is 20.5. The molecule has 0 radical (unpaired) electrons. The first-order valence-electron chi connectivity index (χ1n) is 13.9. The van der Waals surface area contributed by atoms with Gasteiger partial charge in [-0.25, -0.2) is 14.6 Å². The molecule has 2 aliphatic rings. The minimum Gasteiger partial charge on any atom is -0.487 e. The Hall–Kier alpha value is -3.81. The second-order valence-corrected chi connectivity index (χ2v) is 10.9. The lowest BCUT2D eigenvalue weighted by Gasteiger charge is -2.38. The third kappa shape index (κ3) is 6.58. The summed E-state index contributed by atoms with van der Waals surface area (Å²) in [5.41, 5.74) is 1.87. The van der Waals surface area contributed by atoms with E-state index in [1.807, 2.05) is 29.9 Å². The van der Waals surface area contributed by atoms with E-state index in [0.29, 0.717) is 35.0 Å². The van der Waals surface area contributed by atoms with Gasteiger partial charge in [-0.1, -0.05) is 17.7 Å². The molecule has 1 aliphatic heterocycles. The van der Waals surface area contributed by atoms with Crippen LogP contribution in [0.25, 0.3) is 11.1 Å². The topological polar surface area (TPSA) is 141 Å². The smallest absolute Gasteiger partial charge is 0.287 e. The molecule has 216 valence electrons. The predicted octanol–water partition coefficient (Wildman–Crippen LogP) is 3.30. The molecule has 1 saturated heterocycles. The maximum absolute atomic E-state index is 12.7. The first-order valence-corrected chi connectivity index (χ1v) is 14.3. The molecule has 13 nitrogen and oxygen atoms in total. The Morgan fingerprint density at radius 2 is 1.88 bits per heavy atom. The number of ether oxygens (including phenoxy) is 2. The zero-order valence-electron chi connectivity index (χ0n) is 22.8. The molecule has 1 aromatic carbocycles. The second-order valence-electron chi connectivity index (χ2n) is 10.5. The lowest BCUT2D eigenvalue weighted by molar-refractivity contribution is 0.00505. The molecular formula is C27H33ClN10O3. The summed E-state index contributed by atoms with van der Waals surface area (Å²) in [5.74, 6) is 0.882. The van der Waals surface area contributed by atoms with Crippen LogP contribution in [-0.4, -0.2) is 83.3 Å². The number of rotatable bonds is 9. The molecule has 6 rings (SSSR count). The van der Waals surface area contributed by atoms with E-state index in [9.17, 15) is 4.79 Å². The van der Waals surface area contributed by atoms with Gasteiger partial charge in [-0.3, -0.25) is 19.5 Å². The Labute approximate surface area is 241 Å². The average Bonchev–Trinajstić information content (AvgIpc) is 3.64. The van der Waals surface area contributed by atoms with Gasteiger partial charge >= 0.3 is 0 Å². The van der Waals surface area contributed by atoms with Gasteiger partial charge in [-0.2, -0.15) is 0 Å². The van der Waals surface area contributed by atoms with Crippen LogP contribution in [0.4, 0.5) is 11.6 Å². The van der Waals surface area contributed by atoms with Crippen LogP contribution < -0.4 is 15.6 Å². The fourth-order valence-corrected chi connectivity index (χ4v) is 5.72. The van der Waals surface area contributed by atoms with Crippen molar-refractivity contribution in [2.75, 3.05) is 31.6 Å². The standard InChI is InChI=1S/C27H33ClN10O3/c1-18(15-37-17-31-34-35-37)41-25-12-19(2-7-23(25)28)20-13-29-27(30-14-20)32-24-16-38(33-26(24)39)22-5-3-21(4-6-22)36-8-10-40-11-9-36/h2,7,12-14,16-18,21-22H,3-6,8-11,15H2,1H3,(H,33,39)(H,29,30,32). The summed E-state index contributed by atoms with van der Waals surface area (Å²) in [6, 6.07) is 6.38. The van der Waals surface area contributed by atoms with Crippen molar-refractivity contribution in [2.24, 2.45) is 0 Å². The van der Waals surface area contributed by atoms with Crippen molar-refractivity contribution in [1.82, 2.24) is 44.9 Å². The lowest BCUT2D eigenvalue weighted by Crippen LogP contribution is -2.45. The molecule has 1 atom stereocenters. The highest BCUT2D eigenvalue weighted by Crippen LogP contribution is 2.32. The largest absolute Gasteiger partial charge is 0.487 e. The van der Waals surface area contributed by atoms with E-state index in [-0.39, 0.29) is 17.7 Å².